The quantitative estimate of drug-likeness (QED) is 0.589. The van der Waals surface area contributed by atoms with Crippen LogP contribution in [0.25, 0.3) is 11.1 Å². The highest BCUT2D eigenvalue weighted by molar-refractivity contribution is 7.86. The molecule has 0 aliphatic carbocycles. The molecule has 1 aliphatic heterocycles. The van der Waals surface area contributed by atoms with Crippen LogP contribution in [0.2, 0.25) is 0 Å². The molecule has 1 atom stereocenters. The Kier molecular flexibility index (Phi) is 6.08. The minimum Gasteiger partial charge on any atom is -0.366 e. The second-order valence-corrected chi connectivity index (χ2v) is 10.2. The molecule has 4 rings (SSSR count). The van der Waals surface area contributed by atoms with Crippen molar-refractivity contribution < 1.29 is 8.42 Å². The predicted molar refractivity (Wildman–Crippen MR) is 122 cm³/mol. The van der Waals surface area contributed by atoms with Crippen LogP contribution in [0.5, 0.6) is 0 Å². The van der Waals surface area contributed by atoms with Gasteiger partial charge in [-0.05, 0) is 42.2 Å². The van der Waals surface area contributed by atoms with E-state index in [0.29, 0.717) is 19.6 Å². The van der Waals surface area contributed by atoms with Crippen molar-refractivity contribution in [3.05, 3.63) is 65.6 Å². The predicted octanol–water partition coefficient (Wildman–Crippen LogP) is 2.99. The molecule has 0 amide bonds. The maximum Gasteiger partial charge on any atom is 0.281 e. The number of aryl methyl sites for hydroxylation is 1. The molecule has 1 aliphatic rings. The van der Waals surface area contributed by atoms with Crippen molar-refractivity contribution in [2.24, 2.45) is 0 Å². The molecule has 3 aromatic rings. The standard InChI is InChI=1S/C22H28N6O2S/c1-16-6-4-5-7-18(16)13-24-21-12-17(8-10-23-21)20-14-25-26-22(20)19-9-11-28(15-19)31(29,30)27(2)3/h4-8,10,12,14,19H,9,11,13,15H2,1-3H3,(H,23,24)(H,25,26). The van der Waals surface area contributed by atoms with Gasteiger partial charge in [0.15, 0.2) is 0 Å². The molecule has 164 valence electrons. The lowest BCUT2D eigenvalue weighted by molar-refractivity contribution is 0.418. The molecule has 0 spiro atoms. The molecule has 1 saturated heterocycles. The lowest BCUT2D eigenvalue weighted by Crippen LogP contribution is -2.38. The van der Waals surface area contributed by atoms with Crippen LogP contribution >= 0.6 is 0 Å². The van der Waals surface area contributed by atoms with Gasteiger partial charge >= 0.3 is 0 Å². The van der Waals surface area contributed by atoms with Crippen LogP contribution in [0.1, 0.15) is 29.2 Å². The van der Waals surface area contributed by atoms with Gasteiger partial charge in [-0.25, -0.2) is 4.98 Å². The third-order valence-corrected chi connectivity index (χ3v) is 7.72. The van der Waals surface area contributed by atoms with Crippen molar-refractivity contribution in [3.8, 4) is 11.1 Å². The fourth-order valence-corrected chi connectivity index (χ4v) is 5.10. The van der Waals surface area contributed by atoms with Crippen molar-refractivity contribution in [2.45, 2.75) is 25.8 Å². The van der Waals surface area contributed by atoms with Gasteiger partial charge in [-0.2, -0.15) is 22.1 Å². The number of hydrogen-bond acceptors (Lipinski definition) is 5. The third kappa shape index (κ3) is 4.48. The highest BCUT2D eigenvalue weighted by Crippen LogP contribution is 2.34. The van der Waals surface area contributed by atoms with E-state index in [-0.39, 0.29) is 5.92 Å². The van der Waals surface area contributed by atoms with Crippen LogP contribution in [0.4, 0.5) is 5.82 Å². The zero-order valence-electron chi connectivity index (χ0n) is 18.0. The Morgan fingerprint density at radius 2 is 2.06 bits per heavy atom. The van der Waals surface area contributed by atoms with Crippen molar-refractivity contribution >= 4 is 16.0 Å². The van der Waals surface area contributed by atoms with Gasteiger partial charge in [0, 0.05) is 57.1 Å². The van der Waals surface area contributed by atoms with Crippen LogP contribution in [-0.4, -0.2) is 59.4 Å². The first-order valence-corrected chi connectivity index (χ1v) is 11.7. The van der Waals surface area contributed by atoms with Crippen LogP contribution < -0.4 is 5.32 Å². The maximum atomic E-state index is 12.5. The van der Waals surface area contributed by atoms with Gasteiger partial charge in [0.2, 0.25) is 0 Å². The molecule has 9 heteroatoms. The largest absolute Gasteiger partial charge is 0.366 e. The highest BCUT2D eigenvalue weighted by atomic mass is 32.2. The Morgan fingerprint density at radius 1 is 1.26 bits per heavy atom. The van der Waals surface area contributed by atoms with Crippen LogP contribution in [0.15, 0.2) is 48.8 Å². The minimum absolute atomic E-state index is 0.0729. The van der Waals surface area contributed by atoms with Gasteiger partial charge in [-0.15, -0.1) is 0 Å². The lowest BCUT2D eigenvalue weighted by atomic mass is 9.97. The number of nitrogens with one attached hydrogen (secondary N) is 2. The second kappa shape index (κ2) is 8.78. The average Bonchev–Trinajstić information content (AvgIpc) is 3.43. The minimum atomic E-state index is -3.41. The number of aromatic amines is 1. The van der Waals surface area contributed by atoms with Crippen LogP contribution in [0.3, 0.4) is 0 Å². The molecule has 0 saturated carbocycles. The van der Waals surface area contributed by atoms with E-state index in [1.807, 2.05) is 24.3 Å². The molecule has 2 aromatic heterocycles. The van der Waals surface area contributed by atoms with Gasteiger partial charge in [0.1, 0.15) is 5.82 Å². The summed E-state index contributed by atoms with van der Waals surface area (Å²) in [4.78, 5) is 4.45. The molecule has 0 radical (unpaired) electrons. The first-order chi connectivity index (χ1) is 14.9. The van der Waals surface area contributed by atoms with Gasteiger partial charge in [0.25, 0.3) is 10.2 Å². The smallest absolute Gasteiger partial charge is 0.281 e. The van der Waals surface area contributed by atoms with Crippen molar-refractivity contribution in [3.63, 3.8) is 0 Å². The number of benzene rings is 1. The van der Waals surface area contributed by atoms with Crippen LogP contribution in [0, 0.1) is 6.92 Å². The van der Waals surface area contributed by atoms with E-state index in [1.54, 1.807) is 26.5 Å². The number of rotatable bonds is 7. The average molecular weight is 441 g/mol. The topological polar surface area (TPSA) is 94.2 Å². The number of aromatic nitrogens is 3. The van der Waals surface area contributed by atoms with Gasteiger partial charge in [-0.1, -0.05) is 24.3 Å². The number of anilines is 1. The fourth-order valence-electron chi connectivity index (χ4n) is 3.93. The molecule has 31 heavy (non-hydrogen) atoms. The summed E-state index contributed by atoms with van der Waals surface area (Å²) >= 11 is 0. The van der Waals surface area contributed by atoms with Crippen molar-refractivity contribution in [1.29, 1.82) is 0 Å². The molecule has 1 fully saturated rings. The zero-order valence-corrected chi connectivity index (χ0v) is 18.9. The molecule has 1 aromatic carbocycles. The second-order valence-electron chi connectivity index (χ2n) is 8.04. The number of pyridine rings is 1. The zero-order chi connectivity index (χ0) is 22.0. The molecule has 2 N–H and O–H groups in total. The summed E-state index contributed by atoms with van der Waals surface area (Å²) in [6.07, 6.45) is 4.34. The SMILES string of the molecule is Cc1ccccc1CNc1cc(-c2cn[nH]c2C2CCN(S(=O)(=O)N(C)C)C2)ccn1. The van der Waals surface area contributed by atoms with Gasteiger partial charge in [-0.3, -0.25) is 5.10 Å². The summed E-state index contributed by atoms with van der Waals surface area (Å²) in [5.41, 5.74) is 5.41. The Bertz CT molecular complexity index is 1160. The molecular formula is C22H28N6O2S. The Balaban J connectivity index is 1.51. The Labute approximate surface area is 183 Å². The summed E-state index contributed by atoms with van der Waals surface area (Å²) in [5, 5.41) is 10.8. The molecule has 1 unspecified atom stereocenters. The molecule has 3 heterocycles. The van der Waals surface area contributed by atoms with E-state index in [4.69, 9.17) is 0 Å². The Hall–Kier alpha value is -2.75. The lowest BCUT2D eigenvalue weighted by Gasteiger charge is -2.20. The van der Waals surface area contributed by atoms with E-state index in [9.17, 15) is 8.42 Å². The summed E-state index contributed by atoms with van der Waals surface area (Å²) in [6, 6.07) is 12.2. The summed E-state index contributed by atoms with van der Waals surface area (Å²) < 4.78 is 27.7. The van der Waals surface area contributed by atoms with E-state index < -0.39 is 10.2 Å². The first-order valence-electron chi connectivity index (χ1n) is 10.3. The van der Waals surface area contributed by atoms with Gasteiger partial charge < -0.3 is 5.32 Å². The monoisotopic (exact) mass is 440 g/mol. The van der Waals surface area contributed by atoms with Crippen LogP contribution in [-0.2, 0) is 16.8 Å². The van der Waals surface area contributed by atoms with Crippen molar-refractivity contribution in [2.75, 3.05) is 32.5 Å². The van der Waals surface area contributed by atoms with E-state index in [2.05, 4.69) is 39.6 Å². The summed E-state index contributed by atoms with van der Waals surface area (Å²) in [5.74, 6) is 0.861. The van der Waals surface area contributed by atoms with Crippen molar-refractivity contribution in [1.82, 2.24) is 23.8 Å². The number of hydrogen-bond donors (Lipinski definition) is 2. The summed E-state index contributed by atoms with van der Waals surface area (Å²) in [6.45, 7) is 3.74. The molecule has 0 bridgehead atoms. The van der Waals surface area contributed by atoms with Gasteiger partial charge in [0.05, 0.1) is 6.20 Å². The molecular weight excluding hydrogens is 412 g/mol. The maximum absolute atomic E-state index is 12.5. The number of H-pyrrole nitrogens is 1. The Morgan fingerprint density at radius 3 is 2.84 bits per heavy atom. The summed E-state index contributed by atoms with van der Waals surface area (Å²) in [7, 11) is -0.285. The van der Waals surface area contributed by atoms with E-state index in [1.165, 1.54) is 19.7 Å². The van der Waals surface area contributed by atoms with E-state index in [0.717, 1.165) is 29.1 Å². The normalized spacial score (nSPS) is 17.4. The third-order valence-electron chi connectivity index (χ3n) is 5.81. The first kappa shape index (κ1) is 21.5. The molecule has 8 nitrogen and oxygen atoms in total. The number of nitrogens with zero attached hydrogens (tertiary/aromatic N) is 4. The van der Waals surface area contributed by atoms with E-state index >= 15 is 0 Å². The highest BCUT2D eigenvalue weighted by Gasteiger charge is 2.35. The fraction of sp³-hybridized carbons (Fsp3) is 0.364.